The number of nitrogens with zero attached hydrogens (tertiary/aromatic N) is 2. The smallest absolute Gasteiger partial charge is 0.146 e. The van der Waals surface area contributed by atoms with Gasteiger partial charge < -0.3 is 0 Å². The van der Waals surface area contributed by atoms with Gasteiger partial charge in [-0.3, -0.25) is 4.57 Å². The van der Waals surface area contributed by atoms with Crippen LogP contribution in [0.1, 0.15) is 5.56 Å². The molecule has 0 radical (unpaired) electrons. The minimum Gasteiger partial charge on any atom is -0.291 e. The minimum atomic E-state index is 0.819. The van der Waals surface area contributed by atoms with Gasteiger partial charge >= 0.3 is 0 Å². The molecular formula is C17H14N2S2. The molecule has 104 valence electrons. The van der Waals surface area contributed by atoms with E-state index in [2.05, 4.69) is 53.5 Å². The predicted molar refractivity (Wildman–Crippen MR) is 93.4 cm³/mol. The van der Waals surface area contributed by atoms with Crippen molar-refractivity contribution in [2.75, 3.05) is 0 Å². The SMILES string of the molecule is S=C(SCc1ccc(-c2ccccc2)cc1)n1ccnc1. The summed E-state index contributed by atoms with van der Waals surface area (Å²) in [6.45, 7) is 0. The highest BCUT2D eigenvalue weighted by Gasteiger charge is 2.02. The molecule has 0 unspecified atom stereocenters. The van der Waals surface area contributed by atoms with Gasteiger partial charge in [0.2, 0.25) is 0 Å². The maximum atomic E-state index is 5.36. The summed E-state index contributed by atoms with van der Waals surface area (Å²) in [6, 6.07) is 19.0. The Kier molecular flexibility index (Phi) is 4.48. The molecule has 0 saturated heterocycles. The Hall–Kier alpha value is -1.91. The molecule has 2 aromatic carbocycles. The summed E-state index contributed by atoms with van der Waals surface area (Å²) in [5.74, 6) is 0.867. The van der Waals surface area contributed by atoms with E-state index in [0.29, 0.717) is 0 Å². The first-order valence-electron chi connectivity index (χ1n) is 6.62. The predicted octanol–water partition coefficient (Wildman–Crippen LogP) is 4.62. The largest absolute Gasteiger partial charge is 0.291 e. The Balaban J connectivity index is 1.64. The zero-order valence-corrected chi connectivity index (χ0v) is 13.0. The molecule has 2 nitrogen and oxygen atoms in total. The highest BCUT2D eigenvalue weighted by atomic mass is 32.2. The molecule has 0 spiro atoms. The lowest BCUT2D eigenvalue weighted by molar-refractivity contribution is 1.18. The Morgan fingerprint density at radius 3 is 2.38 bits per heavy atom. The summed E-state index contributed by atoms with van der Waals surface area (Å²) in [7, 11) is 0. The van der Waals surface area contributed by atoms with E-state index in [0.717, 1.165) is 10.1 Å². The monoisotopic (exact) mass is 310 g/mol. The fourth-order valence-electron chi connectivity index (χ4n) is 2.01. The second-order valence-corrected chi connectivity index (χ2v) is 6.20. The molecule has 0 aliphatic heterocycles. The van der Waals surface area contributed by atoms with Crippen LogP contribution >= 0.6 is 24.0 Å². The maximum Gasteiger partial charge on any atom is 0.146 e. The number of hydrogen-bond donors (Lipinski definition) is 0. The van der Waals surface area contributed by atoms with Crippen LogP contribution in [0.4, 0.5) is 0 Å². The van der Waals surface area contributed by atoms with Crippen LogP contribution in [0.2, 0.25) is 0 Å². The van der Waals surface area contributed by atoms with Crippen molar-refractivity contribution in [1.29, 1.82) is 0 Å². The molecule has 0 saturated carbocycles. The molecule has 4 heteroatoms. The summed E-state index contributed by atoms with van der Waals surface area (Å²) in [4.78, 5) is 4.01. The molecule has 0 aliphatic rings. The quantitative estimate of drug-likeness (QED) is 0.658. The Labute approximate surface area is 133 Å². The Bertz CT molecular complexity index is 704. The van der Waals surface area contributed by atoms with Gasteiger partial charge in [-0.15, -0.1) is 0 Å². The molecule has 0 bridgehead atoms. The summed E-state index contributed by atoms with van der Waals surface area (Å²) in [6.07, 6.45) is 5.34. The normalized spacial score (nSPS) is 10.5. The Morgan fingerprint density at radius 2 is 1.71 bits per heavy atom. The zero-order valence-electron chi connectivity index (χ0n) is 11.3. The van der Waals surface area contributed by atoms with Gasteiger partial charge in [-0.1, -0.05) is 78.6 Å². The second-order valence-electron chi connectivity index (χ2n) is 4.59. The van der Waals surface area contributed by atoms with Gasteiger partial charge in [-0.2, -0.15) is 0 Å². The van der Waals surface area contributed by atoms with Gasteiger partial charge in [0.05, 0.1) is 0 Å². The van der Waals surface area contributed by atoms with E-state index in [1.807, 2.05) is 16.8 Å². The van der Waals surface area contributed by atoms with Crippen molar-refractivity contribution in [3.8, 4) is 11.1 Å². The van der Waals surface area contributed by atoms with E-state index in [1.54, 1.807) is 24.3 Å². The number of thiocarbonyl (C=S) groups is 1. The molecule has 0 aliphatic carbocycles. The van der Waals surface area contributed by atoms with Gasteiger partial charge in [0.1, 0.15) is 10.6 Å². The molecule has 3 rings (SSSR count). The van der Waals surface area contributed by atoms with E-state index in [4.69, 9.17) is 12.2 Å². The average molecular weight is 310 g/mol. The third-order valence-electron chi connectivity index (χ3n) is 3.14. The molecule has 21 heavy (non-hydrogen) atoms. The van der Waals surface area contributed by atoms with Gasteiger partial charge in [0.15, 0.2) is 0 Å². The highest BCUT2D eigenvalue weighted by molar-refractivity contribution is 8.22. The van der Waals surface area contributed by atoms with Gasteiger partial charge in [0, 0.05) is 18.1 Å². The maximum absolute atomic E-state index is 5.36. The van der Waals surface area contributed by atoms with Crippen molar-refractivity contribution in [3.63, 3.8) is 0 Å². The number of benzene rings is 2. The van der Waals surface area contributed by atoms with Crippen molar-refractivity contribution in [2.45, 2.75) is 5.75 Å². The summed E-state index contributed by atoms with van der Waals surface area (Å²) in [5.41, 5.74) is 3.74. The molecule has 0 amide bonds. The highest BCUT2D eigenvalue weighted by Crippen LogP contribution is 2.21. The number of imidazole rings is 1. The molecule has 0 atom stereocenters. The lowest BCUT2D eigenvalue weighted by atomic mass is 10.0. The van der Waals surface area contributed by atoms with E-state index in [9.17, 15) is 0 Å². The summed E-state index contributed by atoms with van der Waals surface area (Å²) >= 11 is 7.00. The Morgan fingerprint density at radius 1 is 1.00 bits per heavy atom. The van der Waals surface area contributed by atoms with Crippen LogP contribution < -0.4 is 0 Å². The van der Waals surface area contributed by atoms with E-state index in [-0.39, 0.29) is 0 Å². The lowest BCUT2D eigenvalue weighted by Crippen LogP contribution is -2.01. The van der Waals surface area contributed by atoms with Crippen LogP contribution in [0.5, 0.6) is 0 Å². The first-order chi connectivity index (χ1) is 10.3. The van der Waals surface area contributed by atoms with Crippen molar-refractivity contribution < 1.29 is 0 Å². The molecule has 0 N–H and O–H groups in total. The standard InChI is InChI=1S/C17H14N2S2/c20-17(19-11-10-18-13-19)21-12-14-6-8-16(9-7-14)15-4-2-1-3-5-15/h1-11,13H,12H2. The van der Waals surface area contributed by atoms with Crippen LogP contribution in [0.3, 0.4) is 0 Å². The van der Waals surface area contributed by atoms with E-state index in [1.165, 1.54) is 16.7 Å². The van der Waals surface area contributed by atoms with Gasteiger partial charge in [-0.05, 0) is 16.7 Å². The summed E-state index contributed by atoms with van der Waals surface area (Å²) in [5, 5.41) is 0. The van der Waals surface area contributed by atoms with Crippen LogP contribution in [0.25, 0.3) is 11.1 Å². The van der Waals surface area contributed by atoms with Crippen molar-refractivity contribution in [2.24, 2.45) is 0 Å². The van der Waals surface area contributed by atoms with Crippen molar-refractivity contribution in [3.05, 3.63) is 78.9 Å². The molecule has 1 aromatic heterocycles. The third kappa shape index (κ3) is 3.60. The number of thioether (sulfide) groups is 1. The van der Waals surface area contributed by atoms with Gasteiger partial charge in [-0.25, -0.2) is 4.98 Å². The molecule has 1 heterocycles. The zero-order chi connectivity index (χ0) is 14.5. The van der Waals surface area contributed by atoms with Crippen molar-refractivity contribution >= 4 is 28.3 Å². The molecular weight excluding hydrogens is 296 g/mol. The van der Waals surface area contributed by atoms with Crippen LogP contribution in [-0.2, 0) is 5.75 Å². The fourth-order valence-corrected chi connectivity index (χ4v) is 3.04. The number of aromatic nitrogens is 2. The fraction of sp³-hybridized carbons (Fsp3) is 0.0588. The number of rotatable bonds is 3. The minimum absolute atomic E-state index is 0.819. The summed E-state index contributed by atoms with van der Waals surface area (Å²) < 4.78 is 2.68. The van der Waals surface area contributed by atoms with E-state index < -0.39 is 0 Å². The third-order valence-corrected chi connectivity index (χ3v) is 4.64. The second kappa shape index (κ2) is 6.70. The van der Waals surface area contributed by atoms with Crippen LogP contribution in [0, 0.1) is 0 Å². The van der Waals surface area contributed by atoms with Gasteiger partial charge in [0.25, 0.3) is 0 Å². The lowest BCUT2D eigenvalue weighted by Gasteiger charge is -2.06. The molecule has 3 aromatic rings. The van der Waals surface area contributed by atoms with Crippen molar-refractivity contribution in [1.82, 2.24) is 9.55 Å². The average Bonchev–Trinajstić information content (AvgIpc) is 3.08. The van der Waals surface area contributed by atoms with E-state index >= 15 is 0 Å². The van der Waals surface area contributed by atoms with Crippen LogP contribution in [0.15, 0.2) is 73.3 Å². The first kappa shape index (κ1) is 14.0. The first-order valence-corrected chi connectivity index (χ1v) is 8.02. The molecule has 0 fully saturated rings. The van der Waals surface area contributed by atoms with Crippen LogP contribution in [-0.4, -0.2) is 13.9 Å². The topological polar surface area (TPSA) is 17.8 Å². The number of hydrogen-bond acceptors (Lipinski definition) is 3.